The minimum atomic E-state index is -5.57. The van der Waals surface area contributed by atoms with E-state index in [0.29, 0.717) is 6.42 Å². The number of hydrogen-bond donors (Lipinski definition) is 0. The Morgan fingerprint density at radius 3 is 1.59 bits per heavy atom. The van der Waals surface area contributed by atoms with Gasteiger partial charge in [0, 0.05) is 0 Å². The predicted molar refractivity (Wildman–Crippen MR) is 74.1 cm³/mol. The van der Waals surface area contributed by atoms with Crippen LogP contribution in [0.1, 0.15) is 71.1 Å². The van der Waals surface area contributed by atoms with E-state index in [4.69, 9.17) is 0 Å². The topological polar surface area (TPSA) is 122 Å². The average Bonchev–Trinajstić information content (AvgIpc) is 2.33. The Morgan fingerprint density at radius 2 is 1.18 bits per heavy atom. The molecule has 0 aliphatic carbocycles. The van der Waals surface area contributed by atoms with Crippen LogP contribution in [-0.4, -0.2) is 6.61 Å². The zero-order chi connectivity index (χ0) is 16.2. The summed E-state index contributed by atoms with van der Waals surface area (Å²) in [5.74, 6) is 0. The van der Waals surface area contributed by atoms with E-state index in [-0.39, 0.29) is 47.4 Å². The quantitative estimate of drug-likeness (QED) is 0.272. The van der Waals surface area contributed by atoms with E-state index in [1.807, 2.05) is 0 Å². The van der Waals surface area contributed by atoms with Gasteiger partial charge in [-0.3, -0.25) is 8.88 Å². The van der Waals surface area contributed by atoms with E-state index < -0.39 is 15.6 Å². The Bertz CT molecular complexity index is 348. The van der Waals surface area contributed by atoms with Gasteiger partial charge >= 0.3 is 40.8 Å². The van der Waals surface area contributed by atoms with E-state index in [0.717, 1.165) is 19.3 Å². The summed E-state index contributed by atoms with van der Waals surface area (Å²) in [7, 11) is -10.6. The molecule has 0 amide bonds. The Balaban J connectivity index is 0. The van der Waals surface area contributed by atoms with E-state index in [1.165, 1.54) is 38.5 Å². The summed E-state index contributed by atoms with van der Waals surface area (Å²) in [6.45, 7) is 2.01. The Labute approximate surface area is 165 Å². The van der Waals surface area contributed by atoms with Crippen molar-refractivity contribution in [1.29, 1.82) is 0 Å². The fourth-order valence-corrected chi connectivity index (χ4v) is 3.43. The van der Waals surface area contributed by atoms with Gasteiger partial charge in [-0.1, -0.05) is 64.7 Å². The van der Waals surface area contributed by atoms with Crippen LogP contribution in [0.25, 0.3) is 0 Å². The molecule has 0 aromatic carbocycles. The van der Waals surface area contributed by atoms with Crippen molar-refractivity contribution >= 4 is 15.6 Å². The first-order valence-electron chi connectivity index (χ1n) is 7.46. The van der Waals surface area contributed by atoms with Crippen molar-refractivity contribution in [3.63, 3.8) is 0 Å². The molecular weight excluding hydrogens is 462 g/mol. The molecule has 0 aliphatic heterocycles. The molecule has 1 radical (unpaired) electrons. The van der Waals surface area contributed by atoms with Gasteiger partial charge in [-0.2, -0.15) is 0 Å². The molecular formula is C12H25NdO7P2. The van der Waals surface area contributed by atoms with Crippen molar-refractivity contribution in [2.45, 2.75) is 71.1 Å². The van der Waals surface area contributed by atoms with Crippen molar-refractivity contribution in [2.75, 3.05) is 6.61 Å². The second-order valence-electron chi connectivity index (χ2n) is 4.99. The molecule has 0 bridgehead atoms. The fourth-order valence-electron chi connectivity index (χ4n) is 1.91. The molecule has 1 atom stereocenters. The van der Waals surface area contributed by atoms with Crippen LogP contribution in [0.4, 0.5) is 0 Å². The van der Waals surface area contributed by atoms with E-state index in [1.54, 1.807) is 0 Å². The summed E-state index contributed by atoms with van der Waals surface area (Å²) >= 11 is 0. The maximum Gasteiger partial charge on any atom is 3.00 e. The van der Waals surface area contributed by atoms with Crippen LogP contribution in [0.15, 0.2) is 0 Å². The van der Waals surface area contributed by atoms with Gasteiger partial charge in [0.1, 0.15) is 0 Å². The van der Waals surface area contributed by atoms with Gasteiger partial charge in [-0.05, 0) is 6.42 Å². The van der Waals surface area contributed by atoms with Gasteiger partial charge in [0.2, 0.25) is 0 Å². The minimum absolute atomic E-state index is 0. The maximum atomic E-state index is 10.9. The molecule has 0 aliphatic rings. The zero-order valence-electron chi connectivity index (χ0n) is 13.0. The van der Waals surface area contributed by atoms with Gasteiger partial charge in [0.15, 0.2) is 0 Å². The van der Waals surface area contributed by atoms with Crippen LogP contribution in [0, 0.1) is 40.8 Å². The molecule has 0 heterocycles. The second-order valence-corrected chi connectivity index (χ2v) is 7.69. The molecule has 0 rings (SSSR count). The van der Waals surface area contributed by atoms with E-state index in [2.05, 4.69) is 15.8 Å². The molecule has 0 saturated carbocycles. The summed E-state index contributed by atoms with van der Waals surface area (Å²) in [6, 6.07) is 0. The molecule has 129 valence electrons. The van der Waals surface area contributed by atoms with Crippen molar-refractivity contribution < 1.29 is 73.5 Å². The van der Waals surface area contributed by atoms with Gasteiger partial charge in [-0.15, -0.1) is 0 Å². The monoisotopic (exact) mass is 485 g/mol. The van der Waals surface area contributed by atoms with Crippen molar-refractivity contribution in [1.82, 2.24) is 0 Å². The molecule has 0 aromatic rings. The van der Waals surface area contributed by atoms with Crippen LogP contribution in [0.5, 0.6) is 0 Å². The molecule has 7 nitrogen and oxygen atoms in total. The Hall–Kier alpha value is 1.61. The first kappa shape index (κ1) is 25.8. The van der Waals surface area contributed by atoms with Gasteiger partial charge in [0.05, 0.1) is 14.4 Å². The predicted octanol–water partition coefficient (Wildman–Crippen LogP) is 2.24. The molecule has 0 fully saturated rings. The third kappa shape index (κ3) is 19.7. The van der Waals surface area contributed by atoms with Crippen LogP contribution in [0.2, 0.25) is 0 Å². The summed E-state index contributed by atoms with van der Waals surface area (Å²) < 4.78 is 28.7. The summed E-state index contributed by atoms with van der Waals surface area (Å²) in [6.07, 6.45) is 10.8. The third-order valence-corrected chi connectivity index (χ3v) is 5.05. The Morgan fingerprint density at radius 1 is 0.773 bits per heavy atom. The molecule has 0 N–H and O–H groups in total. The first-order valence-corrected chi connectivity index (χ1v) is 10.4. The van der Waals surface area contributed by atoms with Crippen LogP contribution >= 0.6 is 15.6 Å². The summed E-state index contributed by atoms with van der Waals surface area (Å²) in [5, 5.41) is 0. The van der Waals surface area contributed by atoms with Crippen molar-refractivity contribution in [2.24, 2.45) is 0 Å². The molecule has 1 unspecified atom stereocenters. The number of phosphoric ester groups is 1. The Kier molecular flexibility index (Phi) is 17.5. The first-order chi connectivity index (χ1) is 9.77. The van der Waals surface area contributed by atoms with E-state index in [9.17, 15) is 23.8 Å². The molecule has 22 heavy (non-hydrogen) atoms. The largest absolute Gasteiger partial charge is 3.00 e. The van der Waals surface area contributed by atoms with E-state index >= 15 is 0 Å². The fraction of sp³-hybridized carbons (Fsp3) is 1.00. The molecule has 0 spiro atoms. The molecule has 0 saturated heterocycles. The molecule has 10 heteroatoms. The molecule has 0 aromatic heterocycles. The SMILES string of the molecule is CCCCCCCCCCCCOP(=O)([O-])OP(=O)([O-])[O-].[Nd+3]. The van der Waals surface area contributed by atoms with Gasteiger partial charge in [0.25, 0.3) is 7.82 Å². The number of hydrogen-bond acceptors (Lipinski definition) is 7. The second kappa shape index (κ2) is 14.9. The normalized spacial score (nSPS) is 14.4. The van der Waals surface area contributed by atoms with Crippen molar-refractivity contribution in [3.8, 4) is 0 Å². The van der Waals surface area contributed by atoms with Crippen LogP contribution in [0.3, 0.4) is 0 Å². The summed E-state index contributed by atoms with van der Waals surface area (Å²) in [5.41, 5.74) is 0. The number of rotatable bonds is 14. The minimum Gasteiger partial charge on any atom is -0.790 e. The third-order valence-electron chi connectivity index (χ3n) is 2.95. The van der Waals surface area contributed by atoms with Crippen molar-refractivity contribution in [3.05, 3.63) is 0 Å². The zero-order valence-corrected chi connectivity index (χ0v) is 18.0. The standard InChI is InChI=1S/C12H28O7P2.Nd/c1-2-3-4-5-6-7-8-9-10-11-12-18-21(16,17)19-20(13,14)15;/h2-12H2,1H3,(H,16,17)(H2,13,14,15);/q;+3/p-3. The van der Waals surface area contributed by atoms with Gasteiger partial charge in [-0.25, -0.2) is 0 Å². The smallest absolute Gasteiger partial charge is 0.790 e. The number of phosphoric acid groups is 2. The van der Waals surface area contributed by atoms with Gasteiger partial charge < -0.3 is 23.8 Å². The maximum absolute atomic E-state index is 10.9. The average molecular weight is 488 g/mol. The van der Waals surface area contributed by atoms with Crippen LogP contribution < -0.4 is 14.7 Å². The van der Waals surface area contributed by atoms with Crippen LogP contribution in [-0.2, 0) is 18.0 Å². The summed E-state index contributed by atoms with van der Waals surface area (Å²) in [4.78, 5) is 31.2. The number of unbranched alkanes of at least 4 members (excludes halogenated alkanes) is 9.